The van der Waals surface area contributed by atoms with Gasteiger partial charge in [-0.3, -0.25) is 9.59 Å². The molecule has 1 aromatic heterocycles. The van der Waals surface area contributed by atoms with Gasteiger partial charge in [0.15, 0.2) is 5.78 Å². The average molecular weight is 376 g/mol. The molecule has 28 heavy (non-hydrogen) atoms. The van der Waals surface area contributed by atoms with Crippen LogP contribution in [0.4, 0.5) is 17.2 Å². The van der Waals surface area contributed by atoms with Gasteiger partial charge >= 0.3 is 0 Å². The lowest BCUT2D eigenvalue weighted by molar-refractivity contribution is 0.101. The molecule has 2 N–H and O–H groups in total. The van der Waals surface area contributed by atoms with E-state index in [0.717, 1.165) is 0 Å². The van der Waals surface area contributed by atoms with Gasteiger partial charge in [-0.25, -0.2) is 9.97 Å². The lowest BCUT2D eigenvalue weighted by atomic mass is 10.1. The fourth-order valence-corrected chi connectivity index (χ4v) is 2.51. The minimum atomic E-state index is -0.384. The van der Waals surface area contributed by atoms with E-state index in [9.17, 15) is 9.59 Å². The number of hydrogen-bond acceptors (Lipinski definition) is 6. The molecular weight excluding hydrogens is 356 g/mol. The van der Waals surface area contributed by atoms with Gasteiger partial charge in [0.25, 0.3) is 5.91 Å². The Balaban J connectivity index is 1.70. The van der Waals surface area contributed by atoms with Gasteiger partial charge in [-0.15, -0.1) is 0 Å². The monoisotopic (exact) mass is 376 g/mol. The van der Waals surface area contributed by atoms with Crippen LogP contribution < -0.4 is 15.4 Å². The van der Waals surface area contributed by atoms with Crippen molar-refractivity contribution in [1.82, 2.24) is 9.97 Å². The van der Waals surface area contributed by atoms with E-state index in [-0.39, 0.29) is 17.4 Å². The summed E-state index contributed by atoms with van der Waals surface area (Å²) in [5, 5.41) is 5.84. The Bertz CT molecular complexity index is 987. The minimum absolute atomic E-state index is 0.0194. The summed E-state index contributed by atoms with van der Waals surface area (Å²) in [6.07, 6.45) is 2.85. The molecule has 0 atom stereocenters. The highest BCUT2D eigenvalue weighted by molar-refractivity contribution is 6.03. The molecule has 0 aliphatic carbocycles. The van der Waals surface area contributed by atoms with Gasteiger partial charge in [0.1, 0.15) is 17.3 Å². The summed E-state index contributed by atoms with van der Waals surface area (Å²) in [5.74, 6) is 0.654. The fourth-order valence-electron chi connectivity index (χ4n) is 2.51. The Hall–Kier alpha value is -3.74. The molecule has 0 bridgehead atoms. The second-order valence-corrected chi connectivity index (χ2v) is 5.93. The van der Waals surface area contributed by atoms with Crippen LogP contribution in [0.15, 0.2) is 60.9 Å². The van der Waals surface area contributed by atoms with Crippen LogP contribution in [-0.4, -0.2) is 28.3 Å². The van der Waals surface area contributed by atoms with E-state index in [4.69, 9.17) is 4.74 Å². The number of para-hydroxylation sites is 2. The van der Waals surface area contributed by atoms with Crippen molar-refractivity contribution >= 4 is 28.9 Å². The van der Waals surface area contributed by atoms with E-state index >= 15 is 0 Å². The second kappa shape index (κ2) is 8.77. The number of carbonyl (C=O) groups excluding carboxylic acids is 2. The summed E-state index contributed by atoms with van der Waals surface area (Å²) in [4.78, 5) is 32.3. The third kappa shape index (κ3) is 4.70. The summed E-state index contributed by atoms with van der Waals surface area (Å²) in [5.41, 5.74) is 2.06. The molecule has 0 fully saturated rings. The number of benzene rings is 2. The Labute approximate surface area is 162 Å². The first-order valence-electron chi connectivity index (χ1n) is 8.80. The van der Waals surface area contributed by atoms with Crippen LogP contribution in [-0.2, 0) is 0 Å². The molecule has 0 unspecified atom stereocenters. The van der Waals surface area contributed by atoms with Crippen molar-refractivity contribution in [2.45, 2.75) is 13.8 Å². The molecule has 1 heterocycles. The normalized spacial score (nSPS) is 10.2. The van der Waals surface area contributed by atoms with Crippen molar-refractivity contribution < 1.29 is 14.3 Å². The van der Waals surface area contributed by atoms with Crippen LogP contribution in [0, 0.1) is 0 Å². The van der Waals surface area contributed by atoms with Crippen LogP contribution in [0.1, 0.15) is 34.7 Å². The van der Waals surface area contributed by atoms with E-state index in [1.807, 2.05) is 25.1 Å². The number of ketones is 1. The molecule has 2 aromatic carbocycles. The van der Waals surface area contributed by atoms with E-state index < -0.39 is 0 Å². The number of carbonyl (C=O) groups is 2. The summed E-state index contributed by atoms with van der Waals surface area (Å²) in [7, 11) is 0. The van der Waals surface area contributed by atoms with Gasteiger partial charge in [-0.1, -0.05) is 24.3 Å². The molecule has 3 rings (SSSR count). The van der Waals surface area contributed by atoms with Crippen LogP contribution in [0.2, 0.25) is 0 Å². The summed E-state index contributed by atoms with van der Waals surface area (Å²) in [6, 6.07) is 14.3. The van der Waals surface area contributed by atoms with Gasteiger partial charge in [-0.2, -0.15) is 0 Å². The predicted molar refractivity (Wildman–Crippen MR) is 107 cm³/mol. The summed E-state index contributed by atoms with van der Waals surface area (Å²) >= 11 is 0. The number of nitrogens with one attached hydrogen (secondary N) is 2. The first-order valence-corrected chi connectivity index (χ1v) is 8.80. The number of anilines is 3. The quantitative estimate of drug-likeness (QED) is 0.604. The largest absolute Gasteiger partial charge is 0.492 e. The maximum absolute atomic E-state index is 12.4. The van der Waals surface area contributed by atoms with Crippen molar-refractivity contribution in [1.29, 1.82) is 0 Å². The van der Waals surface area contributed by atoms with E-state index in [1.165, 1.54) is 19.3 Å². The van der Waals surface area contributed by atoms with Crippen LogP contribution >= 0.6 is 0 Å². The molecule has 7 heteroatoms. The van der Waals surface area contributed by atoms with Gasteiger partial charge in [0, 0.05) is 11.3 Å². The SMILES string of the molecule is CCOc1ccccc1NC(=O)c1cnc(Nc2cccc(C(C)=O)c2)cn1. The molecule has 142 valence electrons. The standard InChI is InChI=1S/C21H20N4O3/c1-3-28-19-10-5-4-9-17(19)25-21(27)18-12-23-20(13-22-18)24-16-8-6-7-15(11-16)14(2)26/h4-13H,3H2,1-2H3,(H,23,24)(H,25,27). The smallest absolute Gasteiger partial charge is 0.275 e. The number of hydrogen-bond donors (Lipinski definition) is 2. The molecule has 0 saturated heterocycles. The van der Waals surface area contributed by atoms with Crippen molar-refractivity contribution in [3.05, 3.63) is 72.2 Å². The molecule has 7 nitrogen and oxygen atoms in total. The zero-order valence-electron chi connectivity index (χ0n) is 15.6. The van der Waals surface area contributed by atoms with Gasteiger partial charge in [0.05, 0.1) is 24.7 Å². The second-order valence-electron chi connectivity index (χ2n) is 5.93. The maximum Gasteiger partial charge on any atom is 0.275 e. The van der Waals surface area contributed by atoms with Crippen molar-refractivity contribution in [2.75, 3.05) is 17.2 Å². The maximum atomic E-state index is 12.4. The fraction of sp³-hybridized carbons (Fsp3) is 0.143. The highest BCUT2D eigenvalue weighted by Crippen LogP contribution is 2.24. The molecule has 1 amide bonds. The van der Waals surface area contributed by atoms with Gasteiger partial charge < -0.3 is 15.4 Å². The van der Waals surface area contributed by atoms with Crippen molar-refractivity contribution in [3.8, 4) is 5.75 Å². The van der Waals surface area contributed by atoms with E-state index in [2.05, 4.69) is 20.6 Å². The number of ether oxygens (including phenoxy) is 1. The molecular formula is C21H20N4O3. The lowest BCUT2D eigenvalue weighted by Gasteiger charge is -2.11. The number of nitrogens with zero attached hydrogens (tertiary/aromatic N) is 2. The molecule has 0 aliphatic heterocycles. The summed E-state index contributed by atoms with van der Waals surface area (Å²) < 4.78 is 5.50. The Morgan fingerprint density at radius 1 is 1.04 bits per heavy atom. The predicted octanol–water partition coefficient (Wildman–Crippen LogP) is 4.07. The average Bonchev–Trinajstić information content (AvgIpc) is 2.70. The number of rotatable bonds is 7. The zero-order chi connectivity index (χ0) is 19.9. The Kier molecular flexibility index (Phi) is 5.96. The van der Waals surface area contributed by atoms with Crippen LogP contribution in [0.25, 0.3) is 0 Å². The van der Waals surface area contributed by atoms with Crippen molar-refractivity contribution in [2.24, 2.45) is 0 Å². The van der Waals surface area contributed by atoms with E-state index in [1.54, 1.807) is 30.3 Å². The highest BCUT2D eigenvalue weighted by atomic mass is 16.5. The lowest BCUT2D eigenvalue weighted by Crippen LogP contribution is -2.15. The number of aromatic nitrogens is 2. The topological polar surface area (TPSA) is 93.2 Å². The number of Topliss-reactive ketones (excluding diaryl/α,β-unsaturated/α-hetero) is 1. The molecule has 3 aromatic rings. The molecule has 0 saturated carbocycles. The molecule has 0 radical (unpaired) electrons. The third-order valence-electron chi connectivity index (χ3n) is 3.86. The summed E-state index contributed by atoms with van der Waals surface area (Å²) in [6.45, 7) is 3.88. The zero-order valence-corrected chi connectivity index (χ0v) is 15.6. The minimum Gasteiger partial charge on any atom is -0.492 e. The Morgan fingerprint density at radius 3 is 2.57 bits per heavy atom. The van der Waals surface area contributed by atoms with Crippen LogP contribution in [0.5, 0.6) is 5.75 Å². The Morgan fingerprint density at radius 2 is 1.86 bits per heavy atom. The highest BCUT2D eigenvalue weighted by Gasteiger charge is 2.12. The van der Waals surface area contributed by atoms with Crippen LogP contribution in [0.3, 0.4) is 0 Å². The van der Waals surface area contributed by atoms with Crippen molar-refractivity contribution in [3.63, 3.8) is 0 Å². The third-order valence-corrected chi connectivity index (χ3v) is 3.86. The first-order chi connectivity index (χ1) is 13.6. The molecule has 0 aliphatic rings. The first kappa shape index (κ1) is 19.0. The van der Waals surface area contributed by atoms with Gasteiger partial charge in [-0.05, 0) is 38.1 Å². The van der Waals surface area contributed by atoms with E-state index in [0.29, 0.717) is 35.1 Å². The number of amides is 1. The van der Waals surface area contributed by atoms with Gasteiger partial charge in [0.2, 0.25) is 0 Å². The molecule has 0 spiro atoms.